The topological polar surface area (TPSA) is 40.5 Å². The molecule has 0 radical (unpaired) electrons. The third kappa shape index (κ3) is 4.42. The summed E-state index contributed by atoms with van der Waals surface area (Å²) in [6, 6.07) is 5.69. The molecule has 0 aliphatic carbocycles. The van der Waals surface area contributed by atoms with E-state index < -0.39 is 0 Å². The zero-order chi connectivity index (χ0) is 13.5. The summed E-state index contributed by atoms with van der Waals surface area (Å²) in [5.74, 6) is 0.0593. The third-order valence-electron chi connectivity index (χ3n) is 2.92. The fourth-order valence-electron chi connectivity index (χ4n) is 1.81. The average Bonchev–Trinajstić information content (AvgIpc) is 2.33. The van der Waals surface area contributed by atoms with Gasteiger partial charge in [0, 0.05) is 30.2 Å². The Morgan fingerprint density at radius 1 is 1.33 bits per heavy atom. The van der Waals surface area contributed by atoms with Crippen LogP contribution in [0, 0.1) is 6.92 Å². The van der Waals surface area contributed by atoms with Crippen molar-refractivity contribution < 1.29 is 9.90 Å². The quantitative estimate of drug-likeness (QED) is 0.820. The number of unbranched alkanes of at least 4 members (excludes halogenated alkanes) is 2. The predicted octanol–water partition coefficient (Wildman–Crippen LogP) is 2.99. The van der Waals surface area contributed by atoms with Crippen LogP contribution in [-0.2, 0) is 0 Å². The van der Waals surface area contributed by atoms with Crippen LogP contribution in [0.2, 0.25) is 0 Å². The molecule has 0 unspecified atom stereocenters. The molecule has 0 aromatic heterocycles. The van der Waals surface area contributed by atoms with Crippen molar-refractivity contribution in [3.05, 3.63) is 33.8 Å². The highest BCUT2D eigenvalue weighted by molar-refractivity contribution is 9.10. The van der Waals surface area contributed by atoms with Gasteiger partial charge in [-0.1, -0.05) is 15.9 Å². The van der Waals surface area contributed by atoms with E-state index in [9.17, 15) is 4.79 Å². The van der Waals surface area contributed by atoms with Crippen molar-refractivity contribution >= 4 is 21.8 Å². The first-order valence-corrected chi connectivity index (χ1v) is 6.98. The van der Waals surface area contributed by atoms with E-state index in [4.69, 9.17) is 5.11 Å². The minimum absolute atomic E-state index is 0.0593. The van der Waals surface area contributed by atoms with Crippen LogP contribution in [0.1, 0.15) is 35.2 Å². The van der Waals surface area contributed by atoms with Gasteiger partial charge in [-0.25, -0.2) is 0 Å². The van der Waals surface area contributed by atoms with Crippen molar-refractivity contribution in [2.75, 3.05) is 20.2 Å². The fourth-order valence-corrected chi connectivity index (χ4v) is 2.29. The Hall–Kier alpha value is -0.870. The molecule has 0 saturated heterocycles. The Kier molecular flexibility index (Phi) is 6.36. The highest BCUT2D eigenvalue weighted by atomic mass is 79.9. The lowest BCUT2D eigenvalue weighted by Crippen LogP contribution is -2.28. The summed E-state index contributed by atoms with van der Waals surface area (Å²) in [7, 11) is 1.82. The summed E-state index contributed by atoms with van der Waals surface area (Å²) in [6.07, 6.45) is 2.69. The molecule has 0 aliphatic rings. The van der Waals surface area contributed by atoms with Crippen LogP contribution in [0.25, 0.3) is 0 Å². The van der Waals surface area contributed by atoms with Crippen LogP contribution >= 0.6 is 15.9 Å². The molecule has 4 heteroatoms. The van der Waals surface area contributed by atoms with Crippen LogP contribution in [0.3, 0.4) is 0 Å². The van der Waals surface area contributed by atoms with E-state index in [0.29, 0.717) is 0 Å². The summed E-state index contributed by atoms with van der Waals surface area (Å²) in [5.41, 5.74) is 1.74. The zero-order valence-corrected chi connectivity index (χ0v) is 12.5. The molecular formula is C14H20BrNO2. The summed E-state index contributed by atoms with van der Waals surface area (Å²) in [4.78, 5) is 13.9. The summed E-state index contributed by atoms with van der Waals surface area (Å²) in [5, 5.41) is 8.70. The number of carbonyl (C=O) groups excluding carboxylic acids is 1. The van der Waals surface area contributed by atoms with Crippen LogP contribution in [0.4, 0.5) is 0 Å². The molecule has 0 bridgehead atoms. The van der Waals surface area contributed by atoms with Gasteiger partial charge >= 0.3 is 0 Å². The van der Waals surface area contributed by atoms with E-state index in [2.05, 4.69) is 15.9 Å². The SMILES string of the molecule is Cc1cc(Br)ccc1C(=O)N(C)CCCCCO. The maximum Gasteiger partial charge on any atom is 0.253 e. The number of hydrogen-bond donors (Lipinski definition) is 1. The van der Waals surface area contributed by atoms with Crippen molar-refractivity contribution in [1.82, 2.24) is 4.90 Å². The van der Waals surface area contributed by atoms with E-state index in [-0.39, 0.29) is 12.5 Å². The van der Waals surface area contributed by atoms with Crippen molar-refractivity contribution in [1.29, 1.82) is 0 Å². The fraction of sp³-hybridized carbons (Fsp3) is 0.500. The van der Waals surface area contributed by atoms with Gasteiger partial charge in [0.25, 0.3) is 5.91 Å². The smallest absolute Gasteiger partial charge is 0.253 e. The molecule has 100 valence electrons. The number of halogens is 1. The lowest BCUT2D eigenvalue weighted by atomic mass is 10.1. The Morgan fingerprint density at radius 3 is 2.67 bits per heavy atom. The maximum atomic E-state index is 12.2. The number of amides is 1. The molecule has 0 saturated carbocycles. The van der Waals surface area contributed by atoms with Gasteiger partial charge in [0.05, 0.1) is 0 Å². The molecule has 18 heavy (non-hydrogen) atoms. The number of nitrogens with zero attached hydrogens (tertiary/aromatic N) is 1. The number of rotatable bonds is 6. The summed E-state index contributed by atoms with van der Waals surface area (Å²) in [6.45, 7) is 2.90. The zero-order valence-electron chi connectivity index (χ0n) is 10.9. The van der Waals surface area contributed by atoms with Gasteiger partial charge in [0.1, 0.15) is 0 Å². The van der Waals surface area contributed by atoms with Gasteiger partial charge in [-0.3, -0.25) is 4.79 Å². The van der Waals surface area contributed by atoms with Gasteiger partial charge in [-0.15, -0.1) is 0 Å². The number of aliphatic hydroxyl groups excluding tert-OH is 1. The van der Waals surface area contributed by atoms with Gasteiger partial charge < -0.3 is 10.0 Å². The Morgan fingerprint density at radius 2 is 2.06 bits per heavy atom. The van der Waals surface area contributed by atoms with Crippen LogP contribution in [0.5, 0.6) is 0 Å². The Balaban J connectivity index is 2.57. The second-order valence-electron chi connectivity index (χ2n) is 4.47. The second-order valence-corrected chi connectivity index (χ2v) is 5.39. The van der Waals surface area contributed by atoms with Crippen molar-refractivity contribution in [2.24, 2.45) is 0 Å². The number of aliphatic hydroxyl groups is 1. The van der Waals surface area contributed by atoms with E-state index in [1.807, 2.05) is 32.2 Å². The molecule has 0 aliphatic heterocycles. The molecule has 0 spiro atoms. The van der Waals surface area contributed by atoms with Crippen LogP contribution < -0.4 is 0 Å². The predicted molar refractivity (Wildman–Crippen MR) is 76.8 cm³/mol. The third-order valence-corrected chi connectivity index (χ3v) is 3.41. The van der Waals surface area contributed by atoms with Gasteiger partial charge in [-0.05, 0) is 49.9 Å². The molecule has 1 rings (SSSR count). The van der Waals surface area contributed by atoms with E-state index in [1.165, 1.54) is 0 Å². The highest BCUT2D eigenvalue weighted by Gasteiger charge is 2.13. The van der Waals surface area contributed by atoms with E-state index >= 15 is 0 Å². The molecule has 0 fully saturated rings. The molecule has 3 nitrogen and oxygen atoms in total. The first-order valence-electron chi connectivity index (χ1n) is 6.18. The number of carbonyl (C=O) groups is 1. The number of benzene rings is 1. The number of aryl methyl sites for hydroxylation is 1. The van der Waals surface area contributed by atoms with Crippen molar-refractivity contribution in [2.45, 2.75) is 26.2 Å². The minimum Gasteiger partial charge on any atom is -0.396 e. The number of hydrogen-bond acceptors (Lipinski definition) is 2. The van der Waals surface area contributed by atoms with Crippen LogP contribution in [-0.4, -0.2) is 36.1 Å². The molecule has 1 aromatic carbocycles. The van der Waals surface area contributed by atoms with Crippen molar-refractivity contribution in [3.8, 4) is 0 Å². The highest BCUT2D eigenvalue weighted by Crippen LogP contribution is 2.17. The van der Waals surface area contributed by atoms with Gasteiger partial charge in [-0.2, -0.15) is 0 Å². The molecule has 0 heterocycles. The van der Waals surface area contributed by atoms with Gasteiger partial charge in [0.2, 0.25) is 0 Å². The maximum absolute atomic E-state index is 12.2. The minimum atomic E-state index is 0.0593. The van der Waals surface area contributed by atoms with Crippen LogP contribution in [0.15, 0.2) is 22.7 Å². The molecule has 1 amide bonds. The van der Waals surface area contributed by atoms with Crippen molar-refractivity contribution in [3.63, 3.8) is 0 Å². The normalized spacial score (nSPS) is 10.4. The largest absolute Gasteiger partial charge is 0.396 e. The molecular weight excluding hydrogens is 294 g/mol. The lowest BCUT2D eigenvalue weighted by Gasteiger charge is -2.18. The first-order chi connectivity index (χ1) is 8.56. The lowest BCUT2D eigenvalue weighted by molar-refractivity contribution is 0.0791. The summed E-state index contributed by atoms with van der Waals surface area (Å²) < 4.78 is 0.988. The van der Waals surface area contributed by atoms with E-state index in [0.717, 1.165) is 41.4 Å². The molecule has 1 N–H and O–H groups in total. The van der Waals surface area contributed by atoms with E-state index in [1.54, 1.807) is 4.90 Å². The summed E-state index contributed by atoms with van der Waals surface area (Å²) >= 11 is 3.39. The molecule has 0 atom stereocenters. The Labute approximate surface area is 117 Å². The van der Waals surface area contributed by atoms with Gasteiger partial charge in [0.15, 0.2) is 0 Å². The standard InChI is InChI=1S/C14H20BrNO2/c1-11-10-12(15)6-7-13(11)14(18)16(2)8-4-3-5-9-17/h6-7,10,17H,3-5,8-9H2,1-2H3. The first kappa shape index (κ1) is 15.2. The monoisotopic (exact) mass is 313 g/mol. The second kappa shape index (κ2) is 7.54. The average molecular weight is 314 g/mol. The molecule has 1 aromatic rings. The Bertz CT molecular complexity index is 407.